The number of rotatable bonds is 5. The van der Waals surface area contributed by atoms with Gasteiger partial charge in [0.15, 0.2) is 0 Å². The third kappa shape index (κ3) is 3.83. The molecule has 0 bridgehead atoms. The highest BCUT2D eigenvalue weighted by Crippen LogP contribution is 2.28. The Morgan fingerprint density at radius 3 is 2.85 bits per heavy atom. The minimum absolute atomic E-state index is 0.000297. The number of carbonyl (C=O) groups is 2. The predicted octanol–water partition coefficient (Wildman–Crippen LogP) is 2.01. The van der Waals surface area contributed by atoms with E-state index in [0.29, 0.717) is 5.76 Å². The van der Waals surface area contributed by atoms with Crippen LogP contribution in [0.4, 0.5) is 4.79 Å². The van der Waals surface area contributed by atoms with Gasteiger partial charge in [0.2, 0.25) is 0 Å². The summed E-state index contributed by atoms with van der Waals surface area (Å²) in [6.07, 6.45) is 2.61. The van der Waals surface area contributed by atoms with Crippen LogP contribution in [0.5, 0.6) is 0 Å². The average Bonchev–Trinajstić information content (AvgIpc) is 3.16. The normalized spacial score (nSPS) is 16.7. The maximum atomic E-state index is 12.5. The lowest BCUT2D eigenvalue weighted by Gasteiger charge is -2.27. The Morgan fingerprint density at radius 1 is 1.41 bits per heavy atom. The fraction of sp³-hybridized carbons (Fsp3) is 0.250. The molecule has 2 N–H and O–H groups in total. The van der Waals surface area contributed by atoms with Crippen LogP contribution in [0, 0.1) is 0 Å². The summed E-state index contributed by atoms with van der Waals surface area (Å²) in [5.41, 5.74) is -0.444. The minimum Gasteiger partial charge on any atom is -0.467 e. The minimum atomic E-state index is -0.888. The molecule has 2 amide bonds. The number of nitrogens with zero attached hydrogens (tertiary/aromatic N) is 2. The van der Waals surface area contributed by atoms with Gasteiger partial charge in [-0.25, -0.2) is 14.3 Å². The molecule has 0 aromatic carbocycles. The van der Waals surface area contributed by atoms with Gasteiger partial charge < -0.3 is 19.8 Å². The van der Waals surface area contributed by atoms with Crippen LogP contribution in [0.2, 0.25) is 10.0 Å². The highest BCUT2D eigenvalue weighted by Gasteiger charge is 2.35. The Balaban J connectivity index is 2.10. The number of ether oxygens (including phenoxy) is 1. The van der Waals surface area contributed by atoms with Crippen LogP contribution in [-0.4, -0.2) is 28.4 Å². The number of aromatic nitrogens is 2. The molecule has 9 nitrogen and oxygen atoms in total. The molecule has 3 rings (SSSR count). The smallest absolute Gasteiger partial charge is 0.338 e. The van der Waals surface area contributed by atoms with E-state index in [1.807, 2.05) is 0 Å². The van der Waals surface area contributed by atoms with Gasteiger partial charge in [-0.05, 0) is 19.1 Å². The van der Waals surface area contributed by atoms with Crippen molar-refractivity contribution in [3.05, 3.63) is 62.0 Å². The van der Waals surface area contributed by atoms with E-state index in [9.17, 15) is 14.4 Å². The van der Waals surface area contributed by atoms with Crippen LogP contribution in [0.25, 0.3) is 0 Å². The summed E-state index contributed by atoms with van der Waals surface area (Å²) in [4.78, 5) is 36.9. The third-order valence-corrected chi connectivity index (χ3v) is 4.48. The van der Waals surface area contributed by atoms with Gasteiger partial charge >= 0.3 is 12.0 Å². The third-order valence-electron chi connectivity index (χ3n) is 3.73. The molecule has 0 aliphatic carbocycles. The molecule has 3 heterocycles. The second kappa shape index (κ2) is 7.85. The maximum Gasteiger partial charge on any atom is 0.338 e. The molecular weight excluding hydrogens is 399 g/mol. The Hall–Kier alpha value is -2.78. The van der Waals surface area contributed by atoms with E-state index in [1.54, 1.807) is 19.1 Å². The van der Waals surface area contributed by atoms with Gasteiger partial charge in [0.1, 0.15) is 16.8 Å². The standard InChI is InChI=1S/C16H14Cl2N4O5/c1-2-26-15(24)11-9(7-22-14(23)12(18)8(17)6-19-22)20-16(25)21-13(11)10-4-3-5-27-10/h3-6,13H,2,7H2,1H3,(H2,20,21,25). The highest BCUT2D eigenvalue weighted by atomic mass is 35.5. The Morgan fingerprint density at radius 2 is 2.19 bits per heavy atom. The lowest BCUT2D eigenvalue weighted by Crippen LogP contribution is -2.47. The number of esters is 1. The Kier molecular flexibility index (Phi) is 5.52. The number of urea groups is 1. The van der Waals surface area contributed by atoms with Crippen molar-refractivity contribution in [3.63, 3.8) is 0 Å². The van der Waals surface area contributed by atoms with E-state index in [-0.39, 0.29) is 34.5 Å². The molecule has 142 valence electrons. The molecule has 0 fully saturated rings. The lowest BCUT2D eigenvalue weighted by molar-refractivity contribution is -0.139. The van der Waals surface area contributed by atoms with E-state index < -0.39 is 23.6 Å². The molecule has 0 saturated heterocycles. The van der Waals surface area contributed by atoms with Gasteiger partial charge in [-0.15, -0.1) is 0 Å². The number of furan rings is 1. The number of halogens is 2. The molecule has 1 atom stereocenters. The molecule has 1 aliphatic rings. The molecule has 2 aromatic heterocycles. The van der Waals surface area contributed by atoms with Crippen molar-refractivity contribution in [1.29, 1.82) is 0 Å². The predicted molar refractivity (Wildman–Crippen MR) is 95.3 cm³/mol. The number of hydrogen-bond donors (Lipinski definition) is 2. The van der Waals surface area contributed by atoms with Crippen molar-refractivity contribution in [2.45, 2.75) is 19.5 Å². The van der Waals surface area contributed by atoms with E-state index in [0.717, 1.165) is 4.68 Å². The first-order valence-corrected chi connectivity index (χ1v) is 8.60. The zero-order valence-corrected chi connectivity index (χ0v) is 15.5. The quantitative estimate of drug-likeness (QED) is 0.725. The van der Waals surface area contributed by atoms with Crippen LogP contribution >= 0.6 is 23.2 Å². The lowest BCUT2D eigenvalue weighted by atomic mass is 10.00. The maximum absolute atomic E-state index is 12.5. The molecule has 1 unspecified atom stereocenters. The van der Waals surface area contributed by atoms with Crippen LogP contribution < -0.4 is 16.2 Å². The van der Waals surface area contributed by atoms with Crippen molar-refractivity contribution in [3.8, 4) is 0 Å². The molecule has 11 heteroatoms. The number of carbonyl (C=O) groups excluding carboxylic acids is 2. The molecule has 2 aromatic rings. The summed E-state index contributed by atoms with van der Waals surface area (Å²) >= 11 is 11.6. The fourth-order valence-corrected chi connectivity index (χ4v) is 2.84. The number of amides is 2. The van der Waals surface area contributed by atoms with E-state index in [4.69, 9.17) is 32.4 Å². The SMILES string of the molecule is CCOC(=O)C1=C(Cn2ncc(Cl)c(Cl)c2=O)NC(=O)NC1c1ccco1. The van der Waals surface area contributed by atoms with Gasteiger partial charge in [-0.2, -0.15) is 5.10 Å². The summed E-state index contributed by atoms with van der Waals surface area (Å²) in [5.74, 6) is -0.339. The topological polar surface area (TPSA) is 115 Å². The van der Waals surface area contributed by atoms with Gasteiger partial charge in [0.25, 0.3) is 5.56 Å². The molecule has 0 radical (unpaired) electrons. The number of hydrogen-bond acceptors (Lipinski definition) is 6. The van der Waals surface area contributed by atoms with Crippen LogP contribution in [0.3, 0.4) is 0 Å². The molecule has 27 heavy (non-hydrogen) atoms. The largest absolute Gasteiger partial charge is 0.467 e. The van der Waals surface area contributed by atoms with Crippen molar-refractivity contribution in [2.75, 3.05) is 6.61 Å². The van der Waals surface area contributed by atoms with Crippen LogP contribution in [-0.2, 0) is 16.1 Å². The second-order valence-corrected chi connectivity index (χ2v) is 6.21. The highest BCUT2D eigenvalue weighted by molar-refractivity contribution is 6.41. The van der Waals surface area contributed by atoms with Crippen molar-refractivity contribution < 1.29 is 18.7 Å². The average molecular weight is 413 g/mol. The summed E-state index contributed by atoms with van der Waals surface area (Å²) in [6, 6.07) is 1.77. The van der Waals surface area contributed by atoms with Gasteiger partial charge in [0.05, 0.1) is 41.9 Å². The van der Waals surface area contributed by atoms with E-state index in [1.165, 1.54) is 12.5 Å². The van der Waals surface area contributed by atoms with Crippen LogP contribution in [0.1, 0.15) is 18.7 Å². The summed E-state index contributed by atoms with van der Waals surface area (Å²) < 4.78 is 11.4. The van der Waals surface area contributed by atoms with Gasteiger partial charge in [-0.3, -0.25) is 4.79 Å². The zero-order valence-electron chi connectivity index (χ0n) is 14.0. The first-order valence-electron chi connectivity index (χ1n) is 7.84. The van der Waals surface area contributed by atoms with Crippen molar-refractivity contribution in [2.24, 2.45) is 0 Å². The summed E-state index contributed by atoms with van der Waals surface area (Å²) in [7, 11) is 0. The first kappa shape index (κ1) is 19.0. The van der Waals surface area contributed by atoms with Crippen molar-refractivity contribution >= 4 is 35.2 Å². The van der Waals surface area contributed by atoms with E-state index in [2.05, 4.69) is 15.7 Å². The Labute approximate surface area is 162 Å². The van der Waals surface area contributed by atoms with Gasteiger partial charge in [-0.1, -0.05) is 23.2 Å². The second-order valence-electron chi connectivity index (χ2n) is 5.43. The monoisotopic (exact) mass is 412 g/mol. The number of nitrogens with one attached hydrogen (secondary N) is 2. The van der Waals surface area contributed by atoms with E-state index >= 15 is 0 Å². The fourth-order valence-electron chi connectivity index (χ4n) is 2.57. The summed E-state index contributed by atoms with van der Waals surface area (Å²) in [6.45, 7) is 1.55. The first-order chi connectivity index (χ1) is 12.9. The zero-order chi connectivity index (χ0) is 19.6. The van der Waals surface area contributed by atoms with Crippen molar-refractivity contribution in [1.82, 2.24) is 20.4 Å². The molecule has 0 saturated carbocycles. The molecule has 1 aliphatic heterocycles. The van der Waals surface area contributed by atoms with Crippen LogP contribution in [0.15, 0.2) is 45.1 Å². The Bertz CT molecular complexity index is 968. The number of allylic oxidation sites excluding steroid dienone is 1. The van der Waals surface area contributed by atoms with Gasteiger partial charge in [0, 0.05) is 0 Å². The molecular formula is C16H14Cl2N4O5. The summed E-state index contributed by atoms with van der Waals surface area (Å²) in [5, 5.41) is 8.80. The molecule has 0 spiro atoms.